The second-order valence-electron chi connectivity index (χ2n) is 17.9. The van der Waals surface area contributed by atoms with Crippen LogP contribution in [0, 0.1) is 5.92 Å². The Labute approximate surface area is 393 Å². The zero-order valence-electron chi connectivity index (χ0n) is 38.0. The summed E-state index contributed by atoms with van der Waals surface area (Å²) in [6, 6.07) is 7.76. The number of piperidine rings is 2. The number of nitrogens with one attached hydrogen (secondary N) is 2. The van der Waals surface area contributed by atoms with Crippen LogP contribution in [0.4, 0.5) is 13.2 Å². The lowest BCUT2D eigenvalue weighted by Crippen LogP contribution is -2.54. The highest BCUT2D eigenvalue weighted by atomic mass is 19.4. The summed E-state index contributed by atoms with van der Waals surface area (Å²) in [7, 11) is 0. The van der Waals surface area contributed by atoms with E-state index < -0.39 is 47.3 Å². The lowest BCUT2D eigenvalue weighted by atomic mass is 9.84. The van der Waals surface area contributed by atoms with E-state index in [0.717, 1.165) is 62.4 Å². The number of halogens is 3. The molecule has 2 N–H and O–H groups in total. The number of fused-ring (bicyclic) bond motifs is 2. The lowest BCUT2D eigenvalue weighted by molar-refractivity contribution is -0.138. The first-order valence-corrected chi connectivity index (χ1v) is 23.7. The van der Waals surface area contributed by atoms with Crippen LogP contribution < -0.4 is 15.4 Å². The van der Waals surface area contributed by atoms with Gasteiger partial charge in [0.25, 0.3) is 17.7 Å². The molecule has 6 aliphatic rings. The Kier molecular flexibility index (Phi) is 16.4. The molecule has 0 spiro atoms. The van der Waals surface area contributed by atoms with E-state index >= 15 is 0 Å². The number of aliphatic imine (C=N–C) groups is 1. The van der Waals surface area contributed by atoms with Crippen LogP contribution in [0.3, 0.4) is 0 Å². The molecule has 1 saturated carbocycles. The van der Waals surface area contributed by atoms with Gasteiger partial charge in [0.1, 0.15) is 18.4 Å². The van der Waals surface area contributed by atoms with E-state index in [-0.39, 0.29) is 60.9 Å². The molecular weight excluding hydrogens is 890 g/mol. The highest BCUT2D eigenvalue weighted by Gasteiger charge is 2.45. The van der Waals surface area contributed by atoms with Gasteiger partial charge in [-0.25, -0.2) is 4.99 Å². The van der Waals surface area contributed by atoms with Gasteiger partial charge in [-0.3, -0.25) is 44.4 Å². The Hall–Kier alpha value is -5.47. The van der Waals surface area contributed by atoms with E-state index in [2.05, 4.69) is 38.7 Å². The van der Waals surface area contributed by atoms with Crippen molar-refractivity contribution in [3.8, 4) is 5.75 Å². The molecule has 3 unspecified atom stereocenters. The quantitative estimate of drug-likeness (QED) is 0.135. The fraction of sp³-hybridized carbons (Fsp3) is 0.551. The highest BCUT2D eigenvalue weighted by molar-refractivity contribution is 6.23. The van der Waals surface area contributed by atoms with Crippen molar-refractivity contribution in [2.24, 2.45) is 10.9 Å². The Balaban J connectivity index is 0.690. The normalized spacial score (nSPS) is 24.1. The largest absolute Gasteiger partial charge is 0.491 e. The van der Waals surface area contributed by atoms with Crippen LogP contribution in [-0.4, -0.2) is 153 Å². The third kappa shape index (κ3) is 12.2. The third-order valence-electron chi connectivity index (χ3n) is 13.2. The van der Waals surface area contributed by atoms with Crippen LogP contribution in [0.5, 0.6) is 5.75 Å². The molecule has 5 amide bonds. The molecule has 3 fully saturated rings. The number of ether oxygens (including phenoxy) is 5. The number of nitrogens with zero attached hydrogens (tertiary/aromatic N) is 4. The number of rotatable bonds is 20. The van der Waals surface area contributed by atoms with E-state index in [9.17, 15) is 37.1 Å². The second-order valence-corrected chi connectivity index (χ2v) is 17.9. The number of alkyl halides is 3. The first-order chi connectivity index (χ1) is 32.9. The number of hydrogen-bond acceptors (Lipinski definition) is 13. The van der Waals surface area contributed by atoms with E-state index in [1.54, 1.807) is 6.07 Å². The van der Waals surface area contributed by atoms with Gasteiger partial charge >= 0.3 is 6.18 Å². The van der Waals surface area contributed by atoms with Crippen LogP contribution in [0.15, 0.2) is 71.3 Å². The van der Waals surface area contributed by atoms with E-state index in [1.807, 2.05) is 0 Å². The number of likely N-dealkylation sites (tertiary alicyclic amines) is 1. The minimum absolute atomic E-state index is 0.0468. The zero-order valence-corrected chi connectivity index (χ0v) is 38.0. The maximum atomic E-state index is 13.5. The molecule has 0 aromatic heterocycles. The van der Waals surface area contributed by atoms with Gasteiger partial charge in [0.15, 0.2) is 0 Å². The average Bonchev–Trinajstić information content (AvgIpc) is 3.80. The molecule has 8 rings (SSSR count). The molecule has 2 aliphatic carbocycles. The Morgan fingerprint density at radius 1 is 0.794 bits per heavy atom. The monoisotopic (exact) mass is 948 g/mol. The molecule has 0 bridgehead atoms. The van der Waals surface area contributed by atoms with Crippen molar-refractivity contribution >= 4 is 35.5 Å². The number of benzene rings is 2. The van der Waals surface area contributed by atoms with Crippen LogP contribution in [0.25, 0.3) is 0 Å². The summed E-state index contributed by atoms with van der Waals surface area (Å²) in [5.74, 6) is -1.76. The van der Waals surface area contributed by atoms with Crippen LogP contribution in [0.1, 0.15) is 94.4 Å². The SMILES string of the molecule is O=C1CCC(N2C(=O)c3ccc(OCCOCCOCCOCCOCC4CCC(N5C(NC(=O)c6cccc(C(F)(F)F)c6)=NC6C=C(CN7CCCCC7)C=CC65)CC4)cc3C2=O)C(=O)N1. The second kappa shape index (κ2) is 22.8. The zero-order chi connectivity index (χ0) is 47.6. The van der Waals surface area contributed by atoms with Gasteiger partial charge in [0, 0.05) is 31.2 Å². The molecule has 68 heavy (non-hydrogen) atoms. The molecule has 0 radical (unpaired) electrons. The lowest BCUT2D eigenvalue weighted by Gasteiger charge is -2.40. The summed E-state index contributed by atoms with van der Waals surface area (Å²) in [5.41, 5.74) is 0.559. The molecular formula is C49H59F3N6O10. The van der Waals surface area contributed by atoms with E-state index in [0.29, 0.717) is 63.9 Å². The number of hydrogen-bond donors (Lipinski definition) is 2. The molecule has 4 aliphatic heterocycles. The van der Waals surface area contributed by atoms with Gasteiger partial charge in [-0.15, -0.1) is 0 Å². The van der Waals surface area contributed by atoms with Gasteiger partial charge in [-0.2, -0.15) is 13.2 Å². The van der Waals surface area contributed by atoms with Crippen molar-refractivity contribution < 1.29 is 60.8 Å². The smallest absolute Gasteiger partial charge is 0.416 e. The number of imide groups is 2. The summed E-state index contributed by atoms with van der Waals surface area (Å²) in [4.78, 5) is 73.7. The van der Waals surface area contributed by atoms with Crippen LogP contribution in [0.2, 0.25) is 0 Å². The van der Waals surface area contributed by atoms with Crippen molar-refractivity contribution in [1.29, 1.82) is 0 Å². The molecule has 3 atom stereocenters. The van der Waals surface area contributed by atoms with Gasteiger partial charge in [0.05, 0.1) is 75.0 Å². The van der Waals surface area contributed by atoms with E-state index in [4.69, 9.17) is 28.7 Å². The van der Waals surface area contributed by atoms with Crippen molar-refractivity contribution in [2.45, 2.75) is 88.1 Å². The molecule has 19 heteroatoms. The maximum absolute atomic E-state index is 13.5. The Morgan fingerprint density at radius 3 is 2.19 bits per heavy atom. The predicted octanol–water partition coefficient (Wildman–Crippen LogP) is 4.93. The first-order valence-electron chi connectivity index (χ1n) is 23.7. The Bertz CT molecular complexity index is 2260. The molecule has 2 aromatic rings. The molecule has 366 valence electrons. The van der Waals surface area contributed by atoms with Gasteiger partial charge in [0.2, 0.25) is 17.8 Å². The van der Waals surface area contributed by atoms with Crippen LogP contribution >= 0.6 is 0 Å². The number of carbonyl (C=O) groups excluding carboxylic acids is 5. The average molecular weight is 949 g/mol. The molecule has 2 aromatic carbocycles. The standard InChI is InChI=1S/C49H59F3N6O10/c50-49(51,52)35-6-4-5-34(28-35)44(60)55-48-53-40-27-33(30-56-17-2-1-3-18-56)9-14-41(40)57(48)36-10-7-32(8-11-36)31-67-24-23-65-20-19-64-21-22-66-25-26-68-37-12-13-38-39(29-37)47(63)58(46(38)62)42-15-16-43(59)54-45(42)61/h4-6,9,12-14,27-29,32,36,40-42H,1-3,7-8,10-11,15-26,30-31H2,(H,53,55,60)(H,54,59,61). The summed E-state index contributed by atoms with van der Waals surface area (Å²) < 4.78 is 69.0. The fourth-order valence-corrected chi connectivity index (χ4v) is 9.69. The van der Waals surface area contributed by atoms with Crippen molar-refractivity contribution in [2.75, 3.05) is 79.1 Å². The number of amides is 5. The molecule has 2 saturated heterocycles. The molecule has 16 nitrogen and oxygen atoms in total. The minimum Gasteiger partial charge on any atom is -0.491 e. The van der Waals surface area contributed by atoms with Gasteiger partial charge in [-0.1, -0.05) is 30.7 Å². The summed E-state index contributed by atoms with van der Waals surface area (Å²) in [5, 5.41) is 5.08. The van der Waals surface area contributed by atoms with Crippen molar-refractivity contribution in [3.05, 3.63) is 88.5 Å². The first kappa shape index (κ1) is 49.0. The van der Waals surface area contributed by atoms with Gasteiger partial charge < -0.3 is 28.6 Å². The van der Waals surface area contributed by atoms with Crippen LogP contribution in [-0.2, 0) is 34.7 Å². The maximum Gasteiger partial charge on any atom is 0.416 e. The highest BCUT2D eigenvalue weighted by Crippen LogP contribution is 2.36. The number of guanidine groups is 1. The fourth-order valence-electron chi connectivity index (χ4n) is 9.69. The van der Waals surface area contributed by atoms with E-state index in [1.165, 1.54) is 49.1 Å². The summed E-state index contributed by atoms with van der Waals surface area (Å²) in [6.07, 6.45) is 9.25. The van der Waals surface area contributed by atoms with Crippen molar-refractivity contribution in [1.82, 2.24) is 25.3 Å². The predicted molar refractivity (Wildman–Crippen MR) is 241 cm³/mol. The topological polar surface area (TPSA) is 178 Å². The van der Waals surface area contributed by atoms with Gasteiger partial charge in [-0.05, 0) is 106 Å². The number of carbonyl (C=O) groups is 5. The summed E-state index contributed by atoms with van der Waals surface area (Å²) >= 11 is 0. The molecule has 4 heterocycles. The minimum atomic E-state index is -4.56. The third-order valence-corrected chi connectivity index (χ3v) is 13.2. The van der Waals surface area contributed by atoms with Crippen molar-refractivity contribution in [3.63, 3.8) is 0 Å². The summed E-state index contributed by atoms with van der Waals surface area (Å²) in [6.45, 7) is 6.38. The Morgan fingerprint density at radius 2 is 1.49 bits per heavy atom.